The number of nitrogens with one attached hydrogen (secondary N) is 1. The maximum Gasteiger partial charge on any atom is 0.277 e. The summed E-state index contributed by atoms with van der Waals surface area (Å²) >= 11 is 1.20. The van der Waals surface area contributed by atoms with Gasteiger partial charge in [0.1, 0.15) is 12.4 Å². The van der Waals surface area contributed by atoms with Gasteiger partial charge in [0, 0.05) is 11.3 Å². The molecule has 0 aliphatic carbocycles. The Morgan fingerprint density at radius 2 is 1.71 bits per heavy atom. The summed E-state index contributed by atoms with van der Waals surface area (Å²) in [7, 11) is 0. The van der Waals surface area contributed by atoms with Crippen molar-refractivity contribution in [2.75, 3.05) is 11.1 Å². The van der Waals surface area contributed by atoms with Crippen LogP contribution in [-0.4, -0.2) is 21.9 Å². The van der Waals surface area contributed by atoms with Gasteiger partial charge in [0.05, 0.1) is 5.75 Å². The zero-order valence-electron chi connectivity index (χ0n) is 16.9. The van der Waals surface area contributed by atoms with Crippen molar-refractivity contribution in [1.29, 1.82) is 0 Å². The van der Waals surface area contributed by atoms with E-state index in [1.807, 2.05) is 85.8 Å². The van der Waals surface area contributed by atoms with Gasteiger partial charge in [-0.1, -0.05) is 59.8 Å². The molecule has 0 saturated carbocycles. The van der Waals surface area contributed by atoms with Gasteiger partial charge >= 0.3 is 0 Å². The molecule has 1 aromatic heterocycles. The summed E-state index contributed by atoms with van der Waals surface area (Å²) in [4.78, 5) is 12.2. The number of ether oxygens (including phenoxy) is 1. The minimum atomic E-state index is -0.155. The van der Waals surface area contributed by atoms with E-state index >= 15 is 0 Å². The summed E-state index contributed by atoms with van der Waals surface area (Å²) in [6.07, 6.45) is 0. The molecule has 3 aromatic carbocycles. The number of nitrogens with zero attached hydrogens (tertiary/aromatic N) is 2. The molecule has 0 spiro atoms. The van der Waals surface area contributed by atoms with Gasteiger partial charge < -0.3 is 14.5 Å². The summed E-state index contributed by atoms with van der Waals surface area (Å²) in [6.45, 7) is 2.51. The van der Waals surface area contributed by atoms with Gasteiger partial charge in [-0.25, -0.2) is 0 Å². The highest BCUT2D eigenvalue weighted by molar-refractivity contribution is 7.99. The predicted octanol–water partition coefficient (Wildman–Crippen LogP) is 5.35. The molecule has 0 atom stereocenters. The maximum atomic E-state index is 12.2. The van der Waals surface area contributed by atoms with Crippen molar-refractivity contribution < 1.29 is 13.9 Å². The largest absolute Gasteiger partial charge is 0.489 e. The second-order valence-electron chi connectivity index (χ2n) is 6.87. The Labute approximate surface area is 184 Å². The lowest BCUT2D eigenvalue weighted by atomic mass is 10.1. The Balaban J connectivity index is 1.25. The SMILES string of the molecule is Cc1ccc(-c2nnc(SCC(=O)Nc3ccc(OCc4ccccc4)cc3)o2)cc1. The number of thioether (sulfide) groups is 1. The quantitative estimate of drug-likeness (QED) is 0.379. The van der Waals surface area contributed by atoms with E-state index in [1.165, 1.54) is 11.8 Å². The molecular weight excluding hydrogens is 410 g/mol. The number of amides is 1. The van der Waals surface area contributed by atoms with Crippen molar-refractivity contribution in [3.8, 4) is 17.2 Å². The van der Waals surface area contributed by atoms with Crippen molar-refractivity contribution in [3.05, 3.63) is 90.0 Å². The number of aryl methyl sites for hydroxylation is 1. The fourth-order valence-electron chi connectivity index (χ4n) is 2.78. The minimum Gasteiger partial charge on any atom is -0.489 e. The second kappa shape index (κ2) is 9.95. The molecular formula is C24H21N3O3S. The molecule has 1 heterocycles. The van der Waals surface area contributed by atoms with E-state index < -0.39 is 0 Å². The van der Waals surface area contributed by atoms with Crippen LogP contribution in [0, 0.1) is 6.92 Å². The third-order valence-electron chi connectivity index (χ3n) is 4.42. The molecule has 0 bridgehead atoms. The first-order chi connectivity index (χ1) is 15.2. The van der Waals surface area contributed by atoms with Gasteiger partial charge in [-0.2, -0.15) is 0 Å². The topological polar surface area (TPSA) is 77.2 Å². The molecule has 4 aromatic rings. The number of anilines is 1. The fourth-order valence-corrected chi connectivity index (χ4v) is 3.34. The Kier molecular flexibility index (Phi) is 6.64. The number of rotatable bonds is 8. The summed E-state index contributed by atoms with van der Waals surface area (Å²) in [5.74, 6) is 1.19. The third-order valence-corrected chi connectivity index (χ3v) is 5.24. The lowest BCUT2D eigenvalue weighted by Gasteiger charge is -2.08. The first-order valence-corrected chi connectivity index (χ1v) is 10.7. The normalized spacial score (nSPS) is 10.6. The lowest BCUT2D eigenvalue weighted by Crippen LogP contribution is -2.13. The van der Waals surface area contributed by atoms with Crippen LogP contribution < -0.4 is 10.1 Å². The Morgan fingerprint density at radius 1 is 0.968 bits per heavy atom. The van der Waals surface area contributed by atoms with Crippen LogP contribution in [0.5, 0.6) is 5.75 Å². The molecule has 7 heteroatoms. The highest BCUT2D eigenvalue weighted by Crippen LogP contribution is 2.24. The molecule has 6 nitrogen and oxygen atoms in total. The van der Waals surface area contributed by atoms with Crippen LogP contribution in [0.2, 0.25) is 0 Å². The van der Waals surface area contributed by atoms with E-state index in [9.17, 15) is 4.79 Å². The van der Waals surface area contributed by atoms with Crippen LogP contribution in [0.1, 0.15) is 11.1 Å². The number of carbonyl (C=O) groups is 1. The molecule has 0 fully saturated rings. The predicted molar refractivity (Wildman–Crippen MR) is 121 cm³/mol. The van der Waals surface area contributed by atoms with Crippen molar-refractivity contribution in [2.24, 2.45) is 0 Å². The Morgan fingerprint density at radius 3 is 2.45 bits per heavy atom. The third kappa shape index (κ3) is 5.96. The van der Waals surface area contributed by atoms with Crippen molar-refractivity contribution in [3.63, 3.8) is 0 Å². The fraction of sp³-hybridized carbons (Fsp3) is 0.125. The molecule has 1 N–H and O–H groups in total. The van der Waals surface area contributed by atoms with E-state index in [1.54, 1.807) is 0 Å². The summed E-state index contributed by atoms with van der Waals surface area (Å²) in [5, 5.41) is 11.3. The van der Waals surface area contributed by atoms with Crippen LogP contribution in [0.25, 0.3) is 11.5 Å². The van der Waals surface area contributed by atoms with Gasteiger partial charge in [-0.15, -0.1) is 10.2 Å². The summed E-state index contributed by atoms with van der Waals surface area (Å²) in [6, 6.07) is 25.1. The number of benzene rings is 3. The van der Waals surface area contributed by atoms with E-state index in [0.717, 1.165) is 22.4 Å². The van der Waals surface area contributed by atoms with Gasteiger partial charge in [0.15, 0.2) is 0 Å². The van der Waals surface area contributed by atoms with Crippen molar-refractivity contribution in [1.82, 2.24) is 10.2 Å². The van der Waals surface area contributed by atoms with Crippen molar-refractivity contribution >= 4 is 23.4 Å². The standard InChI is InChI=1S/C24H21N3O3S/c1-17-7-9-19(10-8-17)23-26-27-24(30-23)31-16-22(28)25-20-11-13-21(14-12-20)29-15-18-5-3-2-4-6-18/h2-14H,15-16H2,1H3,(H,25,28). The minimum absolute atomic E-state index is 0.155. The molecule has 0 saturated heterocycles. The van der Waals surface area contributed by atoms with Crippen LogP contribution in [0.4, 0.5) is 5.69 Å². The average Bonchev–Trinajstić information content (AvgIpc) is 3.28. The van der Waals surface area contributed by atoms with E-state index in [4.69, 9.17) is 9.15 Å². The van der Waals surface area contributed by atoms with Crippen LogP contribution in [0.3, 0.4) is 0 Å². The lowest BCUT2D eigenvalue weighted by molar-refractivity contribution is -0.113. The number of aromatic nitrogens is 2. The van der Waals surface area contributed by atoms with Crippen LogP contribution in [0.15, 0.2) is 88.5 Å². The number of hydrogen-bond donors (Lipinski definition) is 1. The first kappa shape index (κ1) is 20.7. The number of hydrogen-bond acceptors (Lipinski definition) is 6. The van der Waals surface area contributed by atoms with Gasteiger partial charge in [-0.3, -0.25) is 4.79 Å². The molecule has 31 heavy (non-hydrogen) atoms. The van der Waals surface area contributed by atoms with Gasteiger partial charge in [0.25, 0.3) is 5.22 Å². The van der Waals surface area contributed by atoms with Crippen LogP contribution in [-0.2, 0) is 11.4 Å². The van der Waals surface area contributed by atoms with E-state index in [-0.39, 0.29) is 11.7 Å². The smallest absolute Gasteiger partial charge is 0.277 e. The second-order valence-corrected chi connectivity index (χ2v) is 7.80. The van der Waals surface area contributed by atoms with Gasteiger partial charge in [0.2, 0.25) is 11.8 Å². The number of carbonyl (C=O) groups excluding carboxylic acids is 1. The highest BCUT2D eigenvalue weighted by Gasteiger charge is 2.11. The molecule has 4 rings (SSSR count). The monoisotopic (exact) mass is 431 g/mol. The average molecular weight is 432 g/mol. The molecule has 1 amide bonds. The highest BCUT2D eigenvalue weighted by atomic mass is 32.2. The zero-order valence-corrected chi connectivity index (χ0v) is 17.8. The summed E-state index contributed by atoms with van der Waals surface area (Å²) < 4.78 is 11.4. The van der Waals surface area contributed by atoms with Crippen LogP contribution >= 0.6 is 11.8 Å². The zero-order chi connectivity index (χ0) is 21.5. The Hall–Kier alpha value is -3.58. The maximum absolute atomic E-state index is 12.2. The Bertz CT molecular complexity index is 1130. The molecule has 0 aliphatic heterocycles. The van der Waals surface area contributed by atoms with Crippen molar-refractivity contribution in [2.45, 2.75) is 18.8 Å². The molecule has 0 aliphatic rings. The molecule has 156 valence electrons. The summed E-state index contributed by atoms with van der Waals surface area (Å²) in [5.41, 5.74) is 3.81. The van der Waals surface area contributed by atoms with Gasteiger partial charge in [-0.05, 0) is 48.9 Å². The van der Waals surface area contributed by atoms with E-state index in [0.29, 0.717) is 23.4 Å². The molecule has 0 unspecified atom stereocenters. The van der Waals surface area contributed by atoms with E-state index in [2.05, 4.69) is 15.5 Å². The first-order valence-electron chi connectivity index (χ1n) is 9.76. The molecule has 0 radical (unpaired) electrons.